The van der Waals surface area contributed by atoms with E-state index in [9.17, 15) is 0 Å². The molecular formula is C14H25N3OS. The summed E-state index contributed by atoms with van der Waals surface area (Å²) in [5.74, 6) is 0. The minimum atomic E-state index is 0.382. The van der Waals surface area contributed by atoms with Crippen LogP contribution >= 0.6 is 11.3 Å². The first kappa shape index (κ1) is 14.8. The van der Waals surface area contributed by atoms with Gasteiger partial charge in [0.1, 0.15) is 0 Å². The van der Waals surface area contributed by atoms with E-state index >= 15 is 0 Å². The van der Waals surface area contributed by atoms with Crippen molar-refractivity contribution in [3.8, 4) is 0 Å². The lowest BCUT2D eigenvalue weighted by Crippen LogP contribution is -2.28. The van der Waals surface area contributed by atoms with E-state index in [2.05, 4.69) is 36.1 Å². The molecule has 1 aliphatic heterocycles. The SMILES string of the molecule is CCCNC(C)c1cnc(N(C)CC2CCCO2)s1. The molecule has 2 atom stereocenters. The Morgan fingerprint density at radius 3 is 3.16 bits per heavy atom. The summed E-state index contributed by atoms with van der Waals surface area (Å²) in [6.07, 6.45) is 5.92. The quantitative estimate of drug-likeness (QED) is 0.835. The summed E-state index contributed by atoms with van der Waals surface area (Å²) in [4.78, 5) is 8.06. The summed E-state index contributed by atoms with van der Waals surface area (Å²) >= 11 is 1.78. The highest BCUT2D eigenvalue weighted by atomic mass is 32.1. The molecule has 19 heavy (non-hydrogen) atoms. The third kappa shape index (κ3) is 4.16. The molecule has 1 aliphatic rings. The van der Waals surface area contributed by atoms with Crippen LogP contribution in [0.4, 0.5) is 5.13 Å². The largest absolute Gasteiger partial charge is 0.376 e. The van der Waals surface area contributed by atoms with E-state index in [0.717, 1.165) is 31.2 Å². The lowest BCUT2D eigenvalue weighted by molar-refractivity contribution is 0.116. The first-order chi connectivity index (χ1) is 9.20. The maximum Gasteiger partial charge on any atom is 0.185 e. The van der Waals surface area contributed by atoms with Crippen LogP contribution in [0.3, 0.4) is 0 Å². The van der Waals surface area contributed by atoms with Crippen LogP contribution in [0.2, 0.25) is 0 Å². The van der Waals surface area contributed by atoms with Crippen molar-refractivity contribution >= 4 is 16.5 Å². The van der Waals surface area contributed by atoms with Crippen LogP contribution in [0.25, 0.3) is 0 Å². The van der Waals surface area contributed by atoms with Gasteiger partial charge in [0.05, 0.1) is 6.10 Å². The number of anilines is 1. The van der Waals surface area contributed by atoms with Crippen molar-refractivity contribution < 1.29 is 4.74 Å². The normalized spacial score (nSPS) is 20.7. The van der Waals surface area contributed by atoms with E-state index in [1.54, 1.807) is 11.3 Å². The molecule has 0 aliphatic carbocycles. The number of aromatic nitrogens is 1. The number of hydrogen-bond donors (Lipinski definition) is 1. The number of thiazole rings is 1. The van der Waals surface area contributed by atoms with Gasteiger partial charge in [-0.15, -0.1) is 11.3 Å². The highest BCUT2D eigenvalue weighted by Gasteiger charge is 2.19. The highest BCUT2D eigenvalue weighted by molar-refractivity contribution is 7.15. The smallest absolute Gasteiger partial charge is 0.185 e. The van der Waals surface area contributed by atoms with Gasteiger partial charge < -0.3 is 15.0 Å². The molecule has 0 spiro atoms. The Morgan fingerprint density at radius 1 is 1.63 bits per heavy atom. The molecule has 4 nitrogen and oxygen atoms in total. The second-order valence-electron chi connectivity index (χ2n) is 5.24. The molecule has 0 bridgehead atoms. The maximum absolute atomic E-state index is 5.68. The van der Waals surface area contributed by atoms with Crippen LogP contribution in [0.5, 0.6) is 0 Å². The van der Waals surface area contributed by atoms with Gasteiger partial charge in [0.2, 0.25) is 0 Å². The maximum atomic E-state index is 5.68. The van der Waals surface area contributed by atoms with Crippen molar-refractivity contribution in [1.29, 1.82) is 0 Å². The van der Waals surface area contributed by atoms with Gasteiger partial charge in [-0.3, -0.25) is 0 Å². The molecule has 5 heteroatoms. The molecule has 1 aromatic heterocycles. The van der Waals surface area contributed by atoms with Crippen LogP contribution < -0.4 is 10.2 Å². The second kappa shape index (κ2) is 7.22. The van der Waals surface area contributed by atoms with Crippen LogP contribution in [0.15, 0.2) is 6.20 Å². The van der Waals surface area contributed by atoms with Crippen molar-refractivity contribution in [3.63, 3.8) is 0 Å². The molecule has 2 unspecified atom stereocenters. The second-order valence-corrected chi connectivity index (χ2v) is 6.28. The molecule has 0 saturated carbocycles. The van der Waals surface area contributed by atoms with E-state index in [-0.39, 0.29) is 0 Å². The van der Waals surface area contributed by atoms with E-state index in [1.807, 2.05) is 6.20 Å². The zero-order chi connectivity index (χ0) is 13.7. The Kier molecular flexibility index (Phi) is 5.60. The van der Waals surface area contributed by atoms with Gasteiger partial charge in [0.25, 0.3) is 0 Å². The number of nitrogens with zero attached hydrogens (tertiary/aromatic N) is 2. The first-order valence-corrected chi connectivity index (χ1v) is 8.04. The molecule has 1 saturated heterocycles. The fraction of sp³-hybridized carbons (Fsp3) is 0.786. The summed E-state index contributed by atoms with van der Waals surface area (Å²) in [7, 11) is 2.11. The van der Waals surface area contributed by atoms with Crippen LogP contribution in [0, 0.1) is 0 Å². The number of hydrogen-bond acceptors (Lipinski definition) is 5. The van der Waals surface area contributed by atoms with E-state index < -0.39 is 0 Å². The summed E-state index contributed by atoms with van der Waals surface area (Å²) in [5.41, 5.74) is 0. The van der Waals surface area contributed by atoms with Crippen molar-refractivity contribution in [3.05, 3.63) is 11.1 Å². The summed E-state index contributed by atoms with van der Waals surface area (Å²) in [6.45, 7) is 7.31. The lowest BCUT2D eigenvalue weighted by atomic mass is 10.2. The lowest BCUT2D eigenvalue weighted by Gasteiger charge is -2.19. The number of rotatable bonds is 7. The van der Waals surface area contributed by atoms with Gasteiger partial charge in [-0.2, -0.15) is 0 Å². The monoisotopic (exact) mass is 283 g/mol. The molecule has 1 N–H and O–H groups in total. The minimum Gasteiger partial charge on any atom is -0.376 e. The molecule has 2 heterocycles. The summed E-state index contributed by atoms with van der Waals surface area (Å²) < 4.78 is 5.68. The van der Waals surface area contributed by atoms with Crippen molar-refractivity contribution in [2.75, 3.05) is 31.6 Å². The molecule has 0 amide bonds. The Bertz CT molecular complexity index is 377. The molecule has 0 aromatic carbocycles. The Balaban J connectivity index is 1.88. The fourth-order valence-corrected chi connectivity index (χ4v) is 3.20. The Morgan fingerprint density at radius 2 is 2.47 bits per heavy atom. The van der Waals surface area contributed by atoms with Gasteiger partial charge in [0, 0.05) is 37.3 Å². The van der Waals surface area contributed by atoms with Crippen molar-refractivity contribution in [2.24, 2.45) is 0 Å². The molecule has 1 aromatic rings. The van der Waals surface area contributed by atoms with Gasteiger partial charge in [-0.1, -0.05) is 6.92 Å². The first-order valence-electron chi connectivity index (χ1n) is 7.22. The van der Waals surface area contributed by atoms with Crippen molar-refractivity contribution in [1.82, 2.24) is 10.3 Å². The van der Waals surface area contributed by atoms with Gasteiger partial charge >= 0.3 is 0 Å². The molecule has 108 valence electrons. The number of ether oxygens (including phenoxy) is 1. The standard InChI is InChI=1S/C14H25N3OS/c1-4-7-15-11(2)13-9-16-14(19-13)17(3)10-12-6-5-8-18-12/h9,11-12,15H,4-8,10H2,1-3H3. The third-order valence-corrected chi connectivity index (χ3v) is 4.76. The highest BCUT2D eigenvalue weighted by Crippen LogP contribution is 2.27. The predicted octanol–water partition coefficient (Wildman–Crippen LogP) is 2.82. The summed E-state index contributed by atoms with van der Waals surface area (Å²) in [6, 6.07) is 0.391. The third-order valence-electron chi connectivity index (χ3n) is 3.47. The number of likely N-dealkylation sites (N-methyl/N-ethyl adjacent to an activating group) is 1. The Hall–Kier alpha value is -0.650. The zero-order valence-corrected chi connectivity index (χ0v) is 13.0. The molecular weight excluding hydrogens is 258 g/mol. The predicted molar refractivity (Wildman–Crippen MR) is 81.1 cm³/mol. The zero-order valence-electron chi connectivity index (χ0n) is 12.2. The average Bonchev–Trinajstić information content (AvgIpc) is 3.06. The van der Waals surface area contributed by atoms with E-state index in [4.69, 9.17) is 4.74 Å². The van der Waals surface area contributed by atoms with Crippen molar-refractivity contribution in [2.45, 2.75) is 45.3 Å². The Labute approximate surface area is 120 Å². The molecule has 0 radical (unpaired) electrons. The van der Waals surface area contributed by atoms with Crippen LogP contribution in [-0.4, -0.2) is 37.8 Å². The van der Waals surface area contributed by atoms with E-state index in [0.29, 0.717) is 12.1 Å². The van der Waals surface area contributed by atoms with Gasteiger partial charge in [-0.25, -0.2) is 4.98 Å². The van der Waals surface area contributed by atoms with E-state index in [1.165, 1.54) is 17.7 Å². The topological polar surface area (TPSA) is 37.4 Å². The number of nitrogens with one attached hydrogen (secondary N) is 1. The van der Waals surface area contributed by atoms with Gasteiger partial charge in [0.15, 0.2) is 5.13 Å². The molecule has 1 fully saturated rings. The fourth-order valence-electron chi connectivity index (χ4n) is 2.29. The average molecular weight is 283 g/mol. The van der Waals surface area contributed by atoms with Crippen LogP contribution in [-0.2, 0) is 4.74 Å². The molecule has 2 rings (SSSR count). The summed E-state index contributed by atoms with van der Waals surface area (Å²) in [5, 5.41) is 4.59. The van der Waals surface area contributed by atoms with Gasteiger partial charge in [-0.05, 0) is 32.7 Å². The minimum absolute atomic E-state index is 0.382. The van der Waals surface area contributed by atoms with Crippen LogP contribution in [0.1, 0.15) is 44.0 Å².